The number of allylic oxidation sites excluding steroid dienone is 4. The average Bonchev–Trinajstić information content (AvgIpc) is 3.17. The van der Waals surface area contributed by atoms with Gasteiger partial charge in [0.1, 0.15) is 5.78 Å². The van der Waals surface area contributed by atoms with Crippen LogP contribution in [0.1, 0.15) is 107 Å². The Morgan fingerprint density at radius 1 is 0.886 bits per heavy atom. The van der Waals surface area contributed by atoms with Crippen LogP contribution in [0.2, 0.25) is 0 Å². The molecule has 4 aliphatic carbocycles. The SMILES string of the molecule is C[C@]12C[C@H](c3ccc(CCCCCCCCO)cc3)C3=C4CCC(=O)C=C4CC[C@H]3[C@@H]1CCC2=O. The summed E-state index contributed by atoms with van der Waals surface area (Å²) in [7, 11) is 0. The second-order valence-electron chi connectivity index (χ2n) is 11.8. The number of aliphatic hydroxyl groups is 1. The zero-order chi connectivity index (χ0) is 24.4. The molecule has 0 amide bonds. The molecule has 0 aromatic heterocycles. The van der Waals surface area contributed by atoms with Gasteiger partial charge in [-0.05, 0) is 91.6 Å². The molecule has 1 aromatic carbocycles. The Kier molecular flexibility index (Phi) is 7.44. The first-order valence-electron chi connectivity index (χ1n) is 14.2. The van der Waals surface area contributed by atoms with E-state index in [1.807, 2.05) is 6.08 Å². The molecule has 1 N–H and O–H groups in total. The summed E-state index contributed by atoms with van der Waals surface area (Å²) < 4.78 is 0. The number of hydrogen-bond acceptors (Lipinski definition) is 3. The smallest absolute Gasteiger partial charge is 0.156 e. The van der Waals surface area contributed by atoms with Crippen LogP contribution in [0.5, 0.6) is 0 Å². The van der Waals surface area contributed by atoms with Crippen molar-refractivity contribution in [2.45, 2.75) is 103 Å². The summed E-state index contributed by atoms with van der Waals surface area (Å²) in [5.74, 6) is 2.04. The van der Waals surface area contributed by atoms with Crippen molar-refractivity contribution in [1.82, 2.24) is 0 Å². The van der Waals surface area contributed by atoms with Gasteiger partial charge in [0.2, 0.25) is 0 Å². The van der Waals surface area contributed by atoms with Gasteiger partial charge in [0.15, 0.2) is 5.78 Å². The third-order valence-corrected chi connectivity index (χ3v) is 9.70. The lowest BCUT2D eigenvalue weighted by Gasteiger charge is -2.50. The van der Waals surface area contributed by atoms with E-state index in [0.717, 1.165) is 57.8 Å². The van der Waals surface area contributed by atoms with Crippen LogP contribution in [-0.2, 0) is 16.0 Å². The molecular weight excluding hydrogens is 432 g/mol. The highest BCUT2D eigenvalue weighted by molar-refractivity contribution is 5.93. The van der Waals surface area contributed by atoms with E-state index in [1.165, 1.54) is 48.0 Å². The molecule has 0 radical (unpaired) electrons. The van der Waals surface area contributed by atoms with Crippen molar-refractivity contribution in [1.29, 1.82) is 0 Å². The largest absolute Gasteiger partial charge is 0.396 e. The van der Waals surface area contributed by atoms with Gasteiger partial charge in [0.05, 0.1) is 0 Å². The summed E-state index contributed by atoms with van der Waals surface area (Å²) in [5.41, 5.74) is 6.92. The Morgan fingerprint density at radius 3 is 2.40 bits per heavy atom. The molecular formula is C32H42O3. The van der Waals surface area contributed by atoms with E-state index in [9.17, 15) is 9.59 Å². The number of rotatable bonds is 9. The number of aliphatic hydroxyl groups excluding tert-OH is 1. The van der Waals surface area contributed by atoms with Gasteiger partial charge in [0, 0.05) is 30.8 Å². The Morgan fingerprint density at radius 2 is 1.63 bits per heavy atom. The van der Waals surface area contributed by atoms with Crippen molar-refractivity contribution < 1.29 is 14.7 Å². The molecule has 3 heteroatoms. The van der Waals surface area contributed by atoms with Crippen LogP contribution in [0.15, 0.2) is 47.1 Å². The summed E-state index contributed by atoms with van der Waals surface area (Å²) in [4.78, 5) is 25.3. The number of fused-ring (bicyclic) bond motifs is 4. The van der Waals surface area contributed by atoms with E-state index in [1.54, 1.807) is 5.57 Å². The zero-order valence-corrected chi connectivity index (χ0v) is 21.5. The number of carbonyl (C=O) groups excluding carboxylic acids is 2. The minimum absolute atomic E-state index is 0.195. The predicted molar refractivity (Wildman–Crippen MR) is 140 cm³/mol. The summed E-state index contributed by atoms with van der Waals surface area (Å²) in [6.45, 7) is 2.57. The maximum Gasteiger partial charge on any atom is 0.156 e. The van der Waals surface area contributed by atoms with Crippen LogP contribution >= 0.6 is 0 Å². The molecule has 4 aliphatic rings. The van der Waals surface area contributed by atoms with Gasteiger partial charge < -0.3 is 5.11 Å². The monoisotopic (exact) mass is 474 g/mol. The number of benzene rings is 1. The Bertz CT molecular complexity index is 1010. The lowest BCUT2D eigenvalue weighted by Crippen LogP contribution is -2.43. The van der Waals surface area contributed by atoms with Crippen molar-refractivity contribution in [3.63, 3.8) is 0 Å². The molecule has 5 rings (SSSR count). The molecule has 0 saturated heterocycles. The van der Waals surface area contributed by atoms with Gasteiger partial charge in [-0.25, -0.2) is 0 Å². The fourth-order valence-corrected chi connectivity index (χ4v) is 7.80. The maximum absolute atomic E-state index is 13.1. The van der Waals surface area contributed by atoms with Crippen LogP contribution in [-0.4, -0.2) is 23.3 Å². The molecule has 2 saturated carbocycles. The molecule has 1 aromatic rings. The van der Waals surface area contributed by atoms with E-state index < -0.39 is 0 Å². The van der Waals surface area contributed by atoms with Crippen LogP contribution in [0.25, 0.3) is 0 Å². The summed E-state index contributed by atoms with van der Waals surface area (Å²) in [5, 5.41) is 8.90. The Balaban J connectivity index is 1.36. The summed E-state index contributed by atoms with van der Waals surface area (Å²) in [6.07, 6.45) is 16.4. The van der Waals surface area contributed by atoms with E-state index >= 15 is 0 Å². The quantitative estimate of drug-likeness (QED) is 0.391. The zero-order valence-electron chi connectivity index (χ0n) is 21.5. The van der Waals surface area contributed by atoms with Crippen molar-refractivity contribution in [2.75, 3.05) is 6.61 Å². The lowest BCUT2D eigenvalue weighted by atomic mass is 9.53. The fourth-order valence-electron chi connectivity index (χ4n) is 7.80. The molecule has 4 atom stereocenters. The van der Waals surface area contributed by atoms with Gasteiger partial charge in [-0.15, -0.1) is 0 Å². The number of Topliss-reactive ketones (excluding diaryl/α,β-unsaturated/α-hetero) is 1. The van der Waals surface area contributed by atoms with Gasteiger partial charge in [-0.2, -0.15) is 0 Å². The standard InChI is InChI=1S/C32H42O3/c1-32-21-28(23-11-9-22(10-12-23)8-6-4-2-3-5-7-19-33)31-26-16-14-25(34)20-24(26)13-15-27(31)29(32)17-18-30(32)35/h9-12,20,27-29,33H,2-8,13-19,21H2,1H3/t27-,28+,29-,32-/m0/s1. The molecule has 188 valence electrons. The fraction of sp³-hybridized carbons (Fsp3) is 0.625. The van der Waals surface area contributed by atoms with Crippen LogP contribution in [0, 0.1) is 17.3 Å². The Labute approximate surface area is 211 Å². The van der Waals surface area contributed by atoms with Crippen LogP contribution in [0.3, 0.4) is 0 Å². The van der Waals surface area contributed by atoms with E-state index in [2.05, 4.69) is 31.2 Å². The van der Waals surface area contributed by atoms with Crippen LogP contribution < -0.4 is 0 Å². The number of unbranched alkanes of at least 4 members (excludes halogenated alkanes) is 5. The molecule has 35 heavy (non-hydrogen) atoms. The Hall–Kier alpha value is -2.00. The first-order valence-corrected chi connectivity index (χ1v) is 14.2. The third-order valence-electron chi connectivity index (χ3n) is 9.70. The van der Waals surface area contributed by atoms with Crippen LogP contribution in [0.4, 0.5) is 0 Å². The van der Waals surface area contributed by atoms with Crippen molar-refractivity contribution in [3.05, 3.63) is 58.2 Å². The number of ketones is 2. The topological polar surface area (TPSA) is 54.4 Å². The molecule has 0 spiro atoms. The van der Waals surface area contributed by atoms with Gasteiger partial charge in [-0.1, -0.05) is 62.4 Å². The predicted octanol–water partition coefficient (Wildman–Crippen LogP) is 7.03. The molecule has 0 aliphatic heterocycles. The van der Waals surface area contributed by atoms with E-state index in [-0.39, 0.29) is 11.2 Å². The first kappa shape index (κ1) is 24.7. The highest BCUT2D eigenvalue weighted by atomic mass is 16.3. The van der Waals surface area contributed by atoms with Gasteiger partial charge in [0.25, 0.3) is 0 Å². The summed E-state index contributed by atoms with van der Waals surface area (Å²) >= 11 is 0. The van der Waals surface area contributed by atoms with E-state index in [4.69, 9.17) is 5.11 Å². The highest BCUT2D eigenvalue weighted by Crippen LogP contribution is 2.62. The lowest BCUT2D eigenvalue weighted by molar-refractivity contribution is -0.128. The van der Waals surface area contributed by atoms with Crippen molar-refractivity contribution >= 4 is 11.6 Å². The normalized spacial score (nSPS) is 30.1. The number of hydrogen-bond donors (Lipinski definition) is 1. The number of aryl methyl sites for hydroxylation is 1. The third kappa shape index (κ3) is 4.86. The van der Waals surface area contributed by atoms with Crippen molar-refractivity contribution in [2.24, 2.45) is 17.3 Å². The summed E-state index contributed by atoms with van der Waals surface area (Å²) in [6, 6.07) is 9.30. The van der Waals surface area contributed by atoms with E-state index in [0.29, 0.717) is 36.6 Å². The first-order chi connectivity index (χ1) is 17.0. The van der Waals surface area contributed by atoms with Gasteiger partial charge in [-0.3, -0.25) is 9.59 Å². The molecule has 2 fully saturated rings. The van der Waals surface area contributed by atoms with Crippen molar-refractivity contribution in [3.8, 4) is 0 Å². The minimum atomic E-state index is -0.195. The second-order valence-corrected chi connectivity index (χ2v) is 11.8. The maximum atomic E-state index is 13.1. The molecule has 0 bridgehead atoms. The number of carbonyl (C=O) groups is 2. The second kappa shape index (κ2) is 10.5. The molecule has 3 nitrogen and oxygen atoms in total. The average molecular weight is 475 g/mol. The highest BCUT2D eigenvalue weighted by Gasteiger charge is 2.56. The molecule has 0 unspecified atom stereocenters. The molecule has 0 heterocycles. The van der Waals surface area contributed by atoms with Gasteiger partial charge >= 0.3 is 0 Å². The minimum Gasteiger partial charge on any atom is -0.396 e.